The van der Waals surface area contributed by atoms with E-state index in [1.54, 1.807) is 55.1 Å². The van der Waals surface area contributed by atoms with E-state index in [4.69, 9.17) is 4.42 Å². The highest BCUT2D eigenvalue weighted by Gasteiger charge is 2.44. The third-order valence-electron chi connectivity index (χ3n) is 4.40. The first-order valence-corrected chi connectivity index (χ1v) is 8.28. The number of rotatable bonds is 5. The molecule has 4 rings (SSSR count). The van der Waals surface area contributed by atoms with Crippen molar-refractivity contribution in [1.29, 1.82) is 0 Å². The van der Waals surface area contributed by atoms with Gasteiger partial charge in [-0.2, -0.15) is 0 Å². The Hall–Kier alpha value is -3.74. The van der Waals surface area contributed by atoms with Crippen molar-refractivity contribution in [2.45, 2.75) is 12.6 Å². The van der Waals surface area contributed by atoms with Crippen molar-refractivity contribution in [2.24, 2.45) is 0 Å². The number of hydrogen-bond donors (Lipinski definition) is 1. The van der Waals surface area contributed by atoms with E-state index in [9.17, 15) is 14.7 Å². The molecule has 1 N–H and O–H groups in total. The molecule has 0 bridgehead atoms. The third-order valence-corrected chi connectivity index (χ3v) is 4.40. The number of aliphatic hydroxyl groups is 1. The van der Waals surface area contributed by atoms with Gasteiger partial charge in [-0.15, -0.1) is 0 Å². The number of amides is 1. The smallest absolute Gasteiger partial charge is 0.290 e. The molecule has 7 nitrogen and oxygen atoms in total. The molecular formula is C20H15N3O4. The molecule has 0 aromatic carbocycles. The van der Waals surface area contributed by atoms with Crippen LogP contribution in [0.3, 0.4) is 0 Å². The Morgan fingerprint density at radius 1 is 1.11 bits per heavy atom. The van der Waals surface area contributed by atoms with Crippen molar-refractivity contribution in [1.82, 2.24) is 14.9 Å². The SMILES string of the molecule is O=C(C1=C(O)C(=O)N(Cc2ccncc2)C1c1cccnc1)c1ccco1. The molecule has 27 heavy (non-hydrogen) atoms. The lowest BCUT2D eigenvalue weighted by Gasteiger charge is -2.26. The molecule has 0 aliphatic carbocycles. The van der Waals surface area contributed by atoms with Gasteiger partial charge in [0, 0.05) is 31.3 Å². The molecule has 134 valence electrons. The summed E-state index contributed by atoms with van der Waals surface area (Å²) in [5, 5.41) is 10.5. The van der Waals surface area contributed by atoms with Crippen LogP contribution in [-0.2, 0) is 11.3 Å². The Labute approximate surface area is 154 Å². The molecular weight excluding hydrogens is 346 g/mol. The zero-order chi connectivity index (χ0) is 18.8. The summed E-state index contributed by atoms with van der Waals surface area (Å²) in [5.74, 6) is -1.66. The number of pyridine rings is 2. The lowest BCUT2D eigenvalue weighted by Crippen LogP contribution is -2.30. The molecule has 3 aromatic rings. The van der Waals surface area contributed by atoms with Gasteiger partial charge < -0.3 is 14.4 Å². The summed E-state index contributed by atoms with van der Waals surface area (Å²) in [6.07, 6.45) is 7.79. The molecule has 1 atom stereocenters. The van der Waals surface area contributed by atoms with E-state index in [1.807, 2.05) is 0 Å². The number of Topliss-reactive ketones (excluding diaryl/α,β-unsaturated/α-hetero) is 1. The molecule has 3 aromatic heterocycles. The molecule has 1 unspecified atom stereocenters. The van der Waals surface area contributed by atoms with Gasteiger partial charge >= 0.3 is 0 Å². The summed E-state index contributed by atoms with van der Waals surface area (Å²) >= 11 is 0. The van der Waals surface area contributed by atoms with Gasteiger partial charge in [0.2, 0.25) is 5.78 Å². The zero-order valence-corrected chi connectivity index (χ0v) is 14.1. The minimum atomic E-state index is -0.767. The van der Waals surface area contributed by atoms with E-state index in [-0.39, 0.29) is 17.9 Å². The Balaban J connectivity index is 1.79. The number of ketones is 1. The molecule has 0 saturated heterocycles. The first-order valence-electron chi connectivity index (χ1n) is 8.28. The molecule has 0 saturated carbocycles. The average molecular weight is 361 g/mol. The van der Waals surface area contributed by atoms with Crippen molar-refractivity contribution in [2.75, 3.05) is 0 Å². The van der Waals surface area contributed by atoms with Gasteiger partial charge in [0.1, 0.15) is 0 Å². The van der Waals surface area contributed by atoms with Crippen LogP contribution in [-0.4, -0.2) is 31.7 Å². The van der Waals surface area contributed by atoms with Crippen molar-refractivity contribution < 1.29 is 19.1 Å². The molecule has 0 fully saturated rings. The maximum absolute atomic E-state index is 12.9. The van der Waals surface area contributed by atoms with Gasteiger partial charge in [0.15, 0.2) is 11.5 Å². The van der Waals surface area contributed by atoms with Gasteiger partial charge in [0.25, 0.3) is 5.91 Å². The first-order chi connectivity index (χ1) is 13.2. The number of hydrogen-bond acceptors (Lipinski definition) is 6. The van der Waals surface area contributed by atoms with E-state index < -0.39 is 23.5 Å². The number of aliphatic hydroxyl groups excluding tert-OH is 1. The van der Waals surface area contributed by atoms with Crippen LogP contribution < -0.4 is 0 Å². The van der Waals surface area contributed by atoms with Crippen molar-refractivity contribution >= 4 is 11.7 Å². The van der Waals surface area contributed by atoms with E-state index in [0.29, 0.717) is 5.56 Å². The Morgan fingerprint density at radius 3 is 2.59 bits per heavy atom. The number of furan rings is 1. The topological polar surface area (TPSA) is 96.5 Å². The van der Waals surface area contributed by atoms with E-state index in [1.165, 1.54) is 17.2 Å². The number of carbonyl (C=O) groups is 2. The third kappa shape index (κ3) is 2.99. The second-order valence-electron chi connectivity index (χ2n) is 6.05. The second kappa shape index (κ2) is 6.87. The molecule has 0 spiro atoms. The normalized spacial score (nSPS) is 16.8. The largest absolute Gasteiger partial charge is 0.503 e. The maximum atomic E-state index is 12.9. The van der Waals surface area contributed by atoms with Crippen molar-refractivity contribution in [3.63, 3.8) is 0 Å². The average Bonchev–Trinajstić information content (AvgIpc) is 3.32. The molecule has 4 heterocycles. The summed E-state index contributed by atoms with van der Waals surface area (Å²) in [4.78, 5) is 35.2. The number of carbonyl (C=O) groups excluding carboxylic acids is 2. The summed E-state index contributed by atoms with van der Waals surface area (Å²) in [6.45, 7) is 0.208. The summed E-state index contributed by atoms with van der Waals surface area (Å²) in [7, 11) is 0. The molecule has 7 heteroatoms. The van der Waals surface area contributed by atoms with Crippen LogP contribution in [0, 0.1) is 0 Å². The van der Waals surface area contributed by atoms with Crippen LogP contribution in [0.5, 0.6) is 0 Å². The van der Waals surface area contributed by atoms with Gasteiger partial charge in [-0.05, 0) is 41.5 Å². The molecule has 1 aliphatic rings. The van der Waals surface area contributed by atoms with Crippen molar-refractivity contribution in [3.8, 4) is 0 Å². The van der Waals surface area contributed by atoms with E-state index >= 15 is 0 Å². The van der Waals surface area contributed by atoms with Crippen LogP contribution in [0.25, 0.3) is 0 Å². The fourth-order valence-electron chi connectivity index (χ4n) is 3.16. The highest BCUT2D eigenvalue weighted by Crippen LogP contribution is 2.39. The van der Waals surface area contributed by atoms with Crippen LogP contribution in [0.15, 0.2) is 83.2 Å². The fourth-order valence-corrected chi connectivity index (χ4v) is 3.16. The predicted octanol–water partition coefficient (Wildman–Crippen LogP) is 2.85. The Bertz CT molecular complexity index is 998. The summed E-state index contributed by atoms with van der Waals surface area (Å²) < 4.78 is 5.18. The van der Waals surface area contributed by atoms with Crippen LogP contribution in [0.4, 0.5) is 0 Å². The first kappa shape index (κ1) is 16.7. The second-order valence-corrected chi connectivity index (χ2v) is 6.05. The number of nitrogens with zero attached hydrogens (tertiary/aromatic N) is 3. The Kier molecular flexibility index (Phi) is 4.25. The van der Waals surface area contributed by atoms with E-state index in [0.717, 1.165) is 5.56 Å². The monoisotopic (exact) mass is 361 g/mol. The van der Waals surface area contributed by atoms with Gasteiger partial charge in [-0.25, -0.2) is 0 Å². The highest BCUT2D eigenvalue weighted by molar-refractivity contribution is 6.14. The van der Waals surface area contributed by atoms with Gasteiger partial charge in [0.05, 0.1) is 17.9 Å². The molecule has 1 amide bonds. The summed E-state index contributed by atoms with van der Waals surface area (Å²) in [5.41, 5.74) is 1.43. The molecule has 1 aliphatic heterocycles. The fraction of sp³-hybridized carbons (Fsp3) is 0.100. The van der Waals surface area contributed by atoms with E-state index in [2.05, 4.69) is 9.97 Å². The van der Waals surface area contributed by atoms with Gasteiger partial charge in [-0.1, -0.05) is 6.07 Å². The predicted molar refractivity (Wildman–Crippen MR) is 94.5 cm³/mol. The minimum absolute atomic E-state index is 0.0167. The number of aromatic nitrogens is 2. The zero-order valence-electron chi connectivity index (χ0n) is 14.1. The standard InChI is InChI=1S/C20H15N3O4/c24-18(15-4-2-10-27-15)16-17(14-3-1-7-22-11-14)23(20(26)19(16)25)12-13-5-8-21-9-6-13/h1-11,17,25H,12H2. The molecule has 0 radical (unpaired) electrons. The lowest BCUT2D eigenvalue weighted by atomic mass is 9.96. The summed E-state index contributed by atoms with van der Waals surface area (Å²) in [6, 6.07) is 9.34. The minimum Gasteiger partial charge on any atom is -0.503 e. The van der Waals surface area contributed by atoms with Crippen LogP contribution >= 0.6 is 0 Å². The lowest BCUT2D eigenvalue weighted by molar-refractivity contribution is -0.130. The van der Waals surface area contributed by atoms with Gasteiger partial charge in [-0.3, -0.25) is 19.6 Å². The van der Waals surface area contributed by atoms with Crippen molar-refractivity contribution in [3.05, 3.63) is 95.7 Å². The van der Waals surface area contributed by atoms with Crippen LogP contribution in [0.2, 0.25) is 0 Å². The Morgan fingerprint density at radius 2 is 1.93 bits per heavy atom. The van der Waals surface area contributed by atoms with Crippen LogP contribution in [0.1, 0.15) is 27.7 Å². The quantitative estimate of drug-likeness (QED) is 0.702. The highest BCUT2D eigenvalue weighted by atomic mass is 16.3. The maximum Gasteiger partial charge on any atom is 0.290 e.